The number of rotatable bonds is 6. The van der Waals surface area contributed by atoms with Crippen LogP contribution >= 0.6 is 0 Å². The minimum atomic E-state index is 0.445. The van der Waals surface area contributed by atoms with E-state index in [1.165, 1.54) is 13.4 Å². The van der Waals surface area contributed by atoms with E-state index in [1.807, 2.05) is 0 Å². The molecule has 2 rings (SSSR count). The monoisotopic (exact) mass is 247 g/mol. The van der Waals surface area contributed by atoms with Gasteiger partial charge in [-0.2, -0.15) is 5.10 Å². The number of nitrogens with zero attached hydrogens (tertiary/aromatic N) is 3. The molecule has 0 radical (unpaired) electrons. The van der Waals surface area contributed by atoms with Gasteiger partial charge in [-0.25, -0.2) is 9.67 Å². The number of carbonyl (C=O) groups excluding carboxylic acids is 1. The van der Waals surface area contributed by atoms with E-state index in [1.54, 1.807) is 29.2 Å². The van der Waals surface area contributed by atoms with Gasteiger partial charge < -0.3 is 9.47 Å². The summed E-state index contributed by atoms with van der Waals surface area (Å²) in [5.41, 5.74) is 0.551. The third-order valence-electron chi connectivity index (χ3n) is 2.37. The molecular formula is C12H13N3O3. The van der Waals surface area contributed by atoms with Crippen LogP contribution < -0.4 is 9.47 Å². The zero-order valence-corrected chi connectivity index (χ0v) is 9.94. The van der Waals surface area contributed by atoms with Crippen molar-refractivity contribution in [2.75, 3.05) is 13.7 Å². The standard InChI is InChI=1S/C12H13N3O3/c1-17-12-6-10(7-16)2-3-11(12)18-5-4-15-9-13-8-14-15/h2-3,6-9H,4-5H2,1H3. The van der Waals surface area contributed by atoms with Crippen LogP contribution in [0.1, 0.15) is 10.4 Å². The fourth-order valence-electron chi connectivity index (χ4n) is 1.47. The number of ether oxygens (including phenoxy) is 2. The molecule has 1 aromatic heterocycles. The van der Waals surface area contributed by atoms with Crippen molar-refractivity contribution in [2.45, 2.75) is 6.54 Å². The maximum atomic E-state index is 10.6. The lowest BCUT2D eigenvalue weighted by molar-refractivity contribution is 0.112. The molecule has 18 heavy (non-hydrogen) atoms. The van der Waals surface area contributed by atoms with Gasteiger partial charge in [0.1, 0.15) is 25.5 Å². The zero-order valence-electron chi connectivity index (χ0n) is 9.94. The first-order chi connectivity index (χ1) is 8.83. The van der Waals surface area contributed by atoms with Crippen LogP contribution in [0.25, 0.3) is 0 Å². The Hall–Kier alpha value is -2.37. The second kappa shape index (κ2) is 5.81. The third kappa shape index (κ3) is 2.85. The molecule has 94 valence electrons. The molecule has 0 spiro atoms. The van der Waals surface area contributed by atoms with E-state index in [-0.39, 0.29) is 0 Å². The number of hydrogen-bond donors (Lipinski definition) is 0. The predicted octanol–water partition coefficient (Wildman–Crippen LogP) is 1.18. The highest BCUT2D eigenvalue weighted by Gasteiger charge is 2.05. The van der Waals surface area contributed by atoms with Crippen LogP contribution in [0.3, 0.4) is 0 Å². The van der Waals surface area contributed by atoms with Gasteiger partial charge in [0.2, 0.25) is 0 Å². The van der Waals surface area contributed by atoms with Crippen LogP contribution in [0.2, 0.25) is 0 Å². The molecule has 6 heteroatoms. The summed E-state index contributed by atoms with van der Waals surface area (Å²) in [6.07, 6.45) is 3.86. The molecule has 0 saturated carbocycles. The van der Waals surface area contributed by atoms with Gasteiger partial charge in [-0.05, 0) is 18.2 Å². The molecule has 0 amide bonds. The van der Waals surface area contributed by atoms with Gasteiger partial charge >= 0.3 is 0 Å². The Labute approximate surface area is 104 Å². The van der Waals surface area contributed by atoms with Crippen LogP contribution in [-0.4, -0.2) is 34.8 Å². The number of aromatic nitrogens is 3. The summed E-state index contributed by atoms with van der Waals surface area (Å²) in [5, 5.41) is 3.97. The highest BCUT2D eigenvalue weighted by molar-refractivity contribution is 5.76. The van der Waals surface area contributed by atoms with Gasteiger partial charge in [0, 0.05) is 5.56 Å². The van der Waals surface area contributed by atoms with Gasteiger partial charge in [0.15, 0.2) is 11.5 Å². The summed E-state index contributed by atoms with van der Waals surface area (Å²) in [7, 11) is 1.54. The smallest absolute Gasteiger partial charge is 0.161 e. The number of carbonyl (C=O) groups is 1. The van der Waals surface area contributed by atoms with Crippen LogP contribution in [0.5, 0.6) is 11.5 Å². The van der Waals surface area contributed by atoms with Crippen molar-refractivity contribution in [2.24, 2.45) is 0 Å². The van der Waals surface area contributed by atoms with Gasteiger partial charge in [-0.1, -0.05) is 0 Å². The lowest BCUT2D eigenvalue weighted by Crippen LogP contribution is -2.09. The molecule has 0 saturated heterocycles. The Bertz CT molecular complexity index is 511. The number of hydrogen-bond acceptors (Lipinski definition) is 5. The Morgan fingerprint density at radius 2 is 2.28 bits per heavy atom. The van der Waals surface area contributed by atoms with Gasteiger partial charge in [0.25, 0.3) is 0 Å². The molecule has 0 unspecified atom stereocenters. The Morgan fingerprint density at radius 1 is 1.39 bits per heavy atom. The minimum Gasteiger partial charge on any atom is -0.493 e. The van der Waals surface area contributed by atoms with Crippen molar-refractivity contribution in [1.29, 1.82) is 0 Å². The number of aldehydes is 1. The molecule has 1 heterocycles. The van der Waals surface area contributed by atoms with E-state index in [4.69, 9.17) is 9.47 Å². The van der Waals surface area contributed by atoms with Gasteiger partial charge in [0.05, 0.1) is 13.7 Å². The normalized spacial score (nSPS) is 10.1. The van der Waals surface area contributed by atoms with Gasteiger partial charge in [-0.3, -0.25) is 4.79 Å². The molecule has 0 atom stereocenters. The van der Waals surface area contributed by atoms with Crippen LogP contribution in [-0.2, 0) is 6.54 Å². The van der Waals surface area contributed by atoms with Crippen molar-refractivity contribution in [3.63, 3.8) is 0 Å². The second-order valence-corrected chi connectivity index (χ2v) is 3.54. The average Bonchev–Trinajstić information content (AvgIpc) is 2.92. The first-order valence-electron chi connectivity index (χ1n) is 5.42. The zero-order chi connectivity index (χ0) is 12.8. The number of methoxy groups -OCH3 is 1. The lowest BCUT2D eigenvalue weighted by atomic mass is 10.2. The molecule has 0 aliphatic heterocycles. The third-order valence-corrected chi connectivity index (χ3v) is 2.37. The maximum absolute atomic E-state index is 10.6. The minimum absolute atomic E-state index is 0.445. The fraction of sp³-hybridized carbons (Fsp3) is 0.250. The molecule has 0 fully saturated rings. The Kier molecular flexibility index (Phi) is 3.90. The van der Waals surface area contributed by atoms with E-state index in [0.717, 1.165) is 6.29 Å². The second-order valence-electron chi connectivity index (χ2n) is 3.54. The van der Waals surface area contributed by atoms with Crippen molar-refractivity contribution in [1.82, 2.24) is 14.8 Å². The Balaban J connectivity index is 1.98. The largest absolute Gasteiger partial charge is 0.493 e. The predicted molar refractivity (Wildman–Crippen MR) is 63.9 cm³/mol. The highest BCUT2D eigenvalue weighted by atomic mass is 16.5. The quantitative estimate of drug-likeness (QED) is 0.717. The highest BCUT2D eigenvalue weighted by Crippen LogP contribution is 2.27. The van der Waals surface area contributed by atoms with E-state index in [9.17, 15) is 4.79 Å². The van der Waals surface area contributed by atoms with Crippen LogP contribution in [0.15, 0.2) is 30.9 Å². The molecule has 2 aromatic rings. The SMILES string of the molecule is COc1cc(C=O)ccc1OCCn1cncn1. The van der Waals surface area contributed by atoms with E-state index < -0.39 is 0 Å². The summed E-state index contributed by atoms with van der Waals surface area (Å²) in [5.74, 6) is 1.14. The summed E-state index contributed by atoms with van der Waals surface area (Å²) in [4.78, 5) is 14.5. The molecule has 6 nitrogen and oxygen atoms in total. The van der Waals surface area contributed by atoms with Crippen molar-refractivity contribution in [3.05, 3.63) is 36.4 Å². The fourth-order valence-corrected chi connectivity index (χ4v) is 1.47. The molecule has 0 bridgehead atoms. The van der Waals surface area contributed by atoms with Crippen molar-refractivity contribution in [3.8, 4) is 11.5 Å². The molecule has 1 aromatic carbocycles. The summed E-state index contributed by atoms with van der Waals surface area (Å²) < 4.78 is 12.4. The summed E-state index contributed by atoms with van der Waals surface area (Å²) >= 11 is 0. The molecule has 0 aliphatic carbocycles. The average molecular weight is 247 g/mol. The first-order valence-corrected chi connectivity index (χ1v) is 5.42. The molecular weight excluding hydrogens is 234 g/mol. The van der Waals surface area contributed by atoms with E-state index in [0.29, 0.717) is 30.2 Å². The van der Waals surface area contributed by atoms with Crippen LogP contribution in [0, 0.1) is 0 Å². The summed E-state index contributed by atoms with van der Waals surface area (Å²) in [6, 6.07) is 5.03. The van der Waals surface area contributed by atoms with Gasteiger partial charge in [-0.15, -0.1) is 0 Å². The molecule has 0 N–H and O–H groups in total. The van der Waals surface area contributed by atoms with Crippen LogP contribution in [0.4, 0.5) is 0 Å². The maximum Gasteiger partial charge on any atom is 0.161 e. The van der Waals surface area contributed by atoms with E-state index >= 15 is 0 Å². The van der Waals surface area contributed by atoms with Crippen molar-refractivity contribution < 1.29 is 14.3 Å². The molecule has 0 aliphatic rings. The lowest BCUT2D eigenvalue weighted by Gasteiger charge is -2.10. The summed E-state index contributed by atoms with van der Waals surface area (Å²) in [6.45, 7) is 1.04. The van der Waals surface area contributed by atoms with Crippen molar-refractivity contribution >= 4 is 6.29 Å². The first kappa shape index (κ1) is 12.1. The Morgan fingerprint density at radius 3 is 2.94 bits per heavy atom. The topological polar surface area (TPSA) is 66.2 Å². The van der Waals surface area contributed by atoms with E-state index in [2.05, 4.69) is 10.1 Å². The number of benzene rings is 1.